The number of ether oxygens (including phenoxy) is 3. The minimum absolute atomic E-state index is 0.124. The van der Waals surface area contributed by atoms with Crippen LogP contribution in [0.4, 0.5) is 5.95 Å². The molecule has 1 fully saturated rings. The summed E-state index contributed by atoms with van der Waals surface area (Å²) in [7, 11) is 1.39. The molecule has 2 rings (SSSR count). The average molecular weight is 301 g/mol. The Morgan fingerprint density at radius 3 is 2.95 bits per heavy atom. The fraction of sp³-hybridized carbons (Fsp3) is 0.667. The van der Waals surface area contributed by atoms with Crippen LogP contribution in [0.25, 0.3) is 0 Å². The van der Waals surface area contributed by atoms with Gasteiger partial charge in [-0.15, -0.1) is 0 Å². The normalized spacial score (nSPS) is 28.7. The van der Waals surface area contributed by atoms with Crippen molar-refractivity contribution in [2.45, 2.75) is 24.6 Å². The van der Waals surface area contributed by atoms with Crippen LogP contribution in [0.15, 0.2) is 17.1 Å². The summed E-state index contributed by atoms with van der Waals surface area (Å²) in [6, 6.07) is 1.32. The Labute approximate surface area is 120 Å². The number of aromatic amines is 1. The highest BCUT2D eigenvalue weighted by Gasteiger charge is 2.42. The molecule has 0 unspecified atom stereocenters. The van der Waals surface area contributed by atoms with Crippen LogP contribution in [-0.4, -0.2) is 71.7 Å². The lowest BCUT2D eigenvalue weighted by Crippen LogP contribution is -2.35. The highest BCUT2D eigenvalue weighted by atomic mass is 16.7. The fourth-order valence-corrected chi connectivity index (χ4v) is 1.95. The highest BCUT2D eigenvalue weighted by molar-refractivity contribution is 5.21. The van der Waals surface area contributed by atoms with E-state index in [1.165, 1.54) is 19.4 Å². The van der Waals surface area contributed by atoms with Gasteiger partial charge in [0.2, 0.25) is 5.95 Å². The molecule has 1 aliphatic rings. The van der Waals surface area contributed by atoms with E-state index < -0.39 is 24.6 Å². The minimum atomic E-state index is -1.08. The standard InChI is InChI=1S/C12H19N3O6/c1-19-11-10(18)9(17)7(21-11)6-20-5-4-14-12-13-3-2-8(16)15-12/h2-3,7,9-11,17-18H,4-6H2,1H3,(H2,13,14,15,16)/t7-,9-,10-,11-/m1/s1. The topological polar surface area (TPSA) is 126 Å². The highest BCUT2D eigenvalue weighted by Crippen LogP contribution is 2.21. The number of hydrogen-bond acceptors (Lipinski definition) is 8. The molecule has 0 amide bonds. The van der Waals surface area contributed by atoms with Crippen LogP contribution in [0.3, 0.4) is 0 Å². The van der Waals surface area contributed by atoms with E-state index in [1.54, 1.807) is 0 Å². The van der Waals surface area contributed by atoms with Crippen LogP contribution in [0, 0.1) is 0 Å². The van der Waals surface area contributed by atoms with E-state index in [-0.39, 0.29) is 12.2 Å². The summed E-state index contributed by atoms with van der Waals surface area (Å²) in [4.78, 5) is 17.5. The van der Waals surface area contributed by atoms with Gasteiger partial charge in [0.25, 0.3) is 5.56 Å². The van der Waals surface area contributed by atoms with Crippen molar-refractivity contribution in [1.82, 2.24) is 9.97 Å². The molecule has 0 bridgehead atoms. The maximum Gasteiger partial charge on any atom is 0.252 e. The third-order valence-corrected chi connectivity index (χ3v) is 3.04. The second-order valence-corrected chi connectivity index (χ2v) is 4.54. The first-order valence-corrected chi connectivity index (χ1v) is 6.53. The molecule has 2 heterocycles. The van der Waals surface area contributed by atoms with Gasteiger partial charge in [-0.25, -0.2) is 4.98 Å². The lowest BCUT2D eigenvalue weighted by atomic mass is 10.1. The van der Waals surface area contributed by atoms with Crippen molar-refractivity contribution in [2.24, 2.45) is 0 Å². The quantitative estimate of drug-likeness (QED) is 0.439. The Bertz CT molecular complexity index is 496. The zero-order valence-corrected chi connectivity index (χ0v) is 11.6. The maximum atomic E-state index is 11.0. The molecule has 0 saturated carbocycles. The number of aromatic nitrogens is 2. The molecule has 0 radical (unpaired) electrons. The van der Waals surface area contributed by atoms with E-state index >= 15 is 0 Å². The molecule has 0 aromatic carbocycles. The van der Waals surface area contributed by atoms with Gasteiger partial charge in [0.05, 0.1) is 13.2 Å². The van der Waals surface area contributed by atoms with Crippen LogP contribution in [0.1, 0.15) is 0 Å². The van der Waals surface area contributed by atoms with Gasteiger partial charge >= 0.3 is 0 Å². The van der Waals surface area contributed by atoms with E-state index in [9.17, 15) is 15.0 Å². The lowest BCUT2D eigenvalue weighted by Gasteiger charge is -2.14. The monoisotopic (exact) mass is 301 g/mol. The number of hydrogen-bond donors (Lipinski definition) is 4. The first kappa shape index (κ1) is 15.9. The fourth-order valence-electron chi connectivity index (χ4n) is 1.95. The molecule has 0 spiro atoms. The number of aliphatic hydroxyl groups is 2. The van der Waals surface area contributed by atoms with Crippen LogP contribution < -0.4 is 10.9 Å². The van der Waals surface area contributed by atoms with Gasteiger partial charge < -0.3 is 29.7 Å². The first-order chi connectivity index (χ1) is 10.1. The van der Waals surface area contributed by atoms with Crippen molar-refractivity contribution >= 4 is 5.95 Å². The molecular weight excluding hydrogens is 282 g/mol. The van der Waals surface area contributed by atoms with Crippen LogP contribution in [0.5, 0.6) is 0 Å². The smallest absolute Gasteiger partial charge is 0.252 e. The molecule has 1 aromatic rings. The molecule has 1 aliphatic heterocycles. The van der Waals surface area contributed by atoms with Crippen molar-refractivity contribution in [2.75, 3.05) is 32.2 Å². The zero-order chi connectivity index (χ0) is 15.2. The predicted molar refractivity (Wildman–Crippen MR) is 71.9 cm³/mol. The minimum Gasteiger partial charge on any atom is -0.387 e. The zero-order valence-electron chi connectivity index (χ0n) is 11.6. The van der Waals surface area contributed by atoms with Crippen LogP contribution >= 0.6 is 0 Å². The second kappa shape index (κ2) is 7.48. The number of nitrogens with zero attached hydrogens (tertiary/aromatic N) is 1. The molecule has 21 heavy (non-hydrogen) atoms. The molecule has 0 aliphatic carbocycles. The van der Waals surface area contributed by atoms with Crippen molar-refractivity contribution in [3.63, 3.8) is 0 Å². The largest absolute Gasteiger partial charge is 0.387 e. The van der Waals surface area contributed by atoms with Gasteiger partial charge in [-0.2, -0.15) is 0 Å². The number of anilines is 1. The average Bonchev–Trinajstić information content (AvgIpc) is 2.75. The summed E-state index contributed by atoms with van der Waals surface area (Å²) in [5, 5.41) is 22.2. The van der Waals surface area contributed by atoms with Crippen molar-refractivity contribution < 1.29 is 24.4 Å². The van der Waals surface area contributed by atoms with Crippen molar-refractivity contribution in [3.05, 3.63) is 22.6 Å². The Balaban J connectivity index is 1.65. The molecule has 118 valence electrons. The molecule has 4 atom stereocenters. The number of methoxy groups -OCH3 is 1. The molecule has 9 heteroatoms. The summed E-state index contributed by atoms with van der Waals surface area (Å²) in [5.41, 5.74) is -0.240. The van der Waals surface area contributed by atoms with Crippen LogP contribution in [-0.2, 0) is 14.2 Å². The number of nitrogens with one attached hydrogen (secondary N) is 2. The summed E-state index contributed by atoms with van der Waals surface area (Å²) < 4.78 is 15.5. The molecule has 1 saturated heterocycles. The van der Waals surface area contributed by atoms with Gasteiger partial charge in [-0.1, -0.05) is 0 Å². The Kier molecular flexibility index (Phi) is 5.65. The van der Waals surface area contributed by atoms with Crippen molar-refractivity contribution in [3.8, 4) is 0 Å². The molecule has 1 aromatic heterocycles. The SMILES string of the molecule is CO[C@@H]1O[C@H](COCCNc2nccc(=O)[nH]2)[C@@H](O)[C@H]1O. The van der Waals surface area contributed by atoms with Gasteiger partial charge in [0.15, 0.2) is 6.29 Å². The summed E-state index contributed by atoms with van der Waals surface area (Å²) in [6.45, 7) is 0.865. The van der Waals surface area contributed by atoms with Crippen LogP contribution in [0.2, 0.25) is 0 Å². The summed E-state index contributed by atoms with van der Waals surface area (Å²) in [6.07, 6.45) is -2.21. The first-order valence-electron chi connectivity index (χ1n) is 6.53. The van der Waals surface area contributed by atoms with Gasteiger partial charge in [0, 0.05) is 25.9 Å². The third-order valence-electron chi connectivity index (χ3n) is 3.04. The second-order valence-electron chi connectivity index (χ2n) is 4.54. The van der Waals surface area contributed by atoms with Gasteiger partial charge in [-0.05, 0) is 0 Å². The van der Waals surface area contributed by atoms with Gasteiger partial charge in [0.1, 0.15) is 18.3 Å². The Morgan fingerprint density at radius 2 is 2.29 bits per heavy atom. The molecule has 9 nitrogen and oxygen atoms in total. The molecular formula is C12H19N3O6. The lowest BCUT2D eigenvalue weighted by molar-refractivity contribution is -0.155. The van der Waals surface area contributed by atoms with E-state index in [1.807, 2.05) is 0 Å². The molecule has 4 N–H and O–H groups in total. The number of rotatable bonds is 7. The Morgan fingerprint density at radius 1 is 1.48 bits per heavy atom. The van der Waals surface area contributed by atoms with E-state index in [0.717, 1.165) is 0 Å². The maximum absolute atomic E-state index is 11.0. The summed E-state index contributed by atoms with van der Waals surface area (Å²) >= 11 is 0. The third kappa shape index (κ3) is 4.22. The van der Waals surface area contributed by atoms with Gasteiger partial charge in [-0.3, -0.25) is 9.78 Å². The van der Waals surface area contributed by atoms with Crippen molar-refractivity contribution in [1.29, 1.82) is 0 Å². The number of aliphatic hydroxyl groups excluding tert-OH is 2. The Hall–Kier alpha value is -1.52. The predicted octanol–water partition coefficient (Wildman–Crippen LogP) is -1.71. The van der Waals surface area contributed by atoms with E-state index in [0.29, 0.717) is 19.1 Å². The van der Waals surface area contributed by atoms with E-state index in [4.69, 9.17) is 14.2 Å². The van der Waals surface area contributed by atoms with E-state index in [2.05, 4.69) is 15.3 Å². The number of H-pyrrole nitrogens is 1. The summed E-state index contributed by atoms with van der Waals surface area (Å²) in [5.74, 6) is 0.359.